The van der Waals surface area contributed by atoms with Gasteiger partial charge in [0.1, 0.15) is 23.2 Å². The quantitative estimate of drug-likeness (QED) is 0.745. The first-order chi connectivity index (χ1) is 11.8. The van der Waals surface area contributed by atoms with E-state index in [4.69, 9.17) is 9.13 Å². The van der Waals surface area contributed by atoms with E-state index in [1.807, 2.05) is 12.1 Å². The largest absolute Gasteiger partial charge is 0.457 e. The van der Waals surface area contributed by atoms with E-state index in [1.165, 1.54) is 30.0 Å². The van der Waals surface area contributed by atoms with Crippen molar-refractivity contribution in [1.29, 1.82) is 0 Å². The average molecular weight is 342 g/mol. The smallest absolute Gasteiger partial charge is 0.130 e. The van der Waals surface area contributed by atoms with Crippen LogP contribution in [0.25, 0.3) is 0 Å². The Labute approximate surface area is 145 Å². The molecule has 3 nitrogen and oxygen atoms in total. The number of nitrogens with zero attached hydrogens (tertiary/aromatic N) is 2. The number of ether oxygens (including phenoxy) is 1. The number of amidine groups is 1. The number of hydrogen-bond acceptors (Lipinski definition) is 4. The molecule has 124 valence electrons. The van der Waals surface area contributed by atoms with Crippen molar-refractivity contribution < 1.29 is 9.13 Å². The van der Waals surface area contributed by atoms with Gasteiger partial charge in [-0.1, -0.05) is 18.2 Å². The Morgan fingerprint density at radius 3 is 2.79 bits per heavy atom. The van der Waals surface area contributed by atoms with E-state index in [0.717, 1.165) is 31.0 Å². The summed E-state index contributed by atoms with van der Waals surface area (Å²) < 4.78 is 23.7. The fourth-order valence-electron chi connectivity index (χ4n) is 3.31. The number of hydrogen-bond donors (Lipinski definition) is 0. The summed E-state index contributed by atoms with van der Waals surface area (Å²) in [6.07, 6.45) is 2.34. The van der Waals surface area contributed by atoms with E-state index >= 15 is 0 Å². The maximum absolute atomic E-state index is 13.2. The minimum Gasteiger partial charge on any atom is -0.457 e. The SMILES string of the molecule is Fc1cccc(Oc2ccc(C3CCCN4CCSN=C34)cc2)c1. The van der Waals surface area contributed by atoms with Gasteiger partial charge in [0.25, 0.3) is 0 Å². The normalized spacial score (nSPS) is 20.3. The second-order valence-electron chi connectivity index (χ2n) is 6.09. The van der Waals surface area contributed by atoms with Gasteiger partial charge in [-0.05, 0) is 54.6 Å². The van der Waals surface area contributed by atoms with Crippen LogP contribution in [0.1, 0.15) is 24.3 Å². The van der Waals surface area contributed by atoms with Gasteiger partial charge in [0, 0.05) is 30.8 Å². The number of fused-ring (bicyclic) bond motifs is 1. The van der Waals surface area contributed by atoms with Crippen LogP contribution < -0.4 is 4.74 Å². The van der Waals surface area contributed by atoms with E-state index in [-0.39, 0.29) is 5.82 Å². The molecule has 4 rings (SSSR count). The molecule has 2 aromatic rings. The fourth-order valence-corrected chi connectivity index (χ4v) is 4.08. The van der Waals surface area contributed by atoms with Crippen LogP contribution >= 0.6 is 11.9 Å². The molecule has 0 spiro atoms. The van der Waals surface area contributed by atoms with Crippen LogP contribution in [-0.2, 0) is 0 Å². The third-order valence-corrected chi connectivity index (χ3v) is 5.16. The zero-order chi connectivity index (χ0) is 16.4. The first-order valence-corrected chi connectivity index (χ1v) is 9.22. The summed E-state index contributed by atoms with van der Waals surface area (Å²) >= 11 is 1.67. The van der Waals surface area contributed by atoms with Gasteiger partial charge in [0.2, 0.25) is 0 Å². The molecular weight excluding hydrogens is 323 g/mol. The van der Waals surface area contributed by atoms with Crippen molar-refractivity contribution in [1.82, 2.24) is 4.90 Å². The number of rotatable bonds is 3. The lowest BCUT2D eigenvalue weighted by molar-refractivity contribution is 0.371. The molecule has 5 heteroatoms. The summed E-state index contributed by atoms with van der Waals surface area (Å²) in [4.78, 5) is 2.42. The predicted molar refractivity (Wildman–Crippen MR) is 96.4 cm³/mol. The Morgan fingerprint density at radius 2 is 1.96 bits per heavy atom. The van der Waals surface area contributed by atoms with Gasteiger partial charge in [-0.3, -0.25) is 0 Å². The molecule has 2 aliphatic heterocycles. The van der Waals surface area contributed by atoms with Crippen LogP contribution in [-0.4, -0.2) is 29.6 Å². The summed E-state index contributed by atoms with van der Waals surface area (Å²) in [7, 11) is 0. The monoisotopic (exact) mass is 342 g/mol. The van der Waals surface area contributed by atoms with Crippen LogP contribution in [0.3, 0.4) is 0 Å². The molecule has 0 aliphatic carbocycles. The van der Waals surface area contributed by atoms with Crippen molar-refractivity contribution in [2.24, 2.45) is 4.40 Å². The molecule has 0 saturated carbocycles. The topological polar surface area (TPSA) is 24.8 Å². The second kappa shape index (κ2) is 6.85. The van der Waals surface area contributed by atoms with Gasteiger partial charge in [0.05, 0.1) is 0 Å². The molecule has 24 heavy (non-hydrogen) atoms. The van der Waals surface area contributed by atoms with Crippen molar-refractivity contribution in [2.45, 2.75) is 18.8 Å². The highest BCUT2D eigenvalue weighted by molar-refractivity contribution is 7.98. The summed E-state index contributed by atoms with van der Waals surface area (Å²) in [5.74, 6) is 3.61. The molecule has 0 N–H and O–H groups in total. The molecule has 1 saturated heterocycles. The molecular formula is C19H19FN2OS. The van der Waals surface area contributed by atoms with Crippen molar-refractivity contribution in [3.63, 3.8) is 0 Å². The Balaban J connectivity index is 1.52. The molecule has 1 atom stereocenters. The molecule has 2 aliphatic rings. The van der Waals surface area contributed by atoms with Crippen molar-refractivity contribution in [2.75, 3.05) is 18.8 Å². The number of halogens is 1. The van der Waals surface area contributed by atoms with Crippen molar-refractivity contribution >= 4 is 17.8 Å². The molecule has 0 aromatic heterocycles. The summed E-state index contributed by atoms with van der Waals surface area (Å²) in [5.41, 5.74) is 1.27. The van der Waals surface area contributed by atoms with Gasteiger partial charge in [-0.2, -0.15) is 0 Å². The third kappa shape index (κ3) is 3.26. The van der Waals surface area contributed by atoms with E-state index in [2.05, 4.69) is 17.0 Å². The Bertz CT molecular complexity index is 747. The van der Waals surface area contributed by atoms with E-state index in [0.29, 0.717) is 11.7 Å². The highest BCUT2D eigenvalue weighted by atomic mass is 32.2. The van der Waals surface area contributed by atoms with Gasteiger partial charge in [0.15, 0.2) is 0 Å². The lowest BCUT2D eigenvalue weighted by Crippen LogP contribution is -2.42. The van der Waals surface area contributed by atoms with Crippen LogP contribution in [0.2, 0.25) is 0 Å². The molecule has 0 radical (unpaired) electrons. The maximum Gasteiger partial charge on any atom is 0.130 e. The van der Waals surface area contributed by atoms with Gasteiger partial charge in [-0.25, -0.2) is 8.79 Å². The lowest BCUT2D eigenvalue weighted by Gasteiger charge is -2.37. The zero-order valence-corrected chi connectivity index (χ0v) is 14.1. The molecule has 0 bridgehead atoms. The first-order valence-electron chi connectivity index (χ1n) is 8.28. The highest BCUT2D eigenvalue weighted by Gasteiger charge is 2.29. The fraction of sp³-hybridized carbons (Fsp3) is 0.316. The number of piperidine rings is 1. The van der Waals surface area contributed by atoms with Crippen molar-refractivity contribution in [3.05, 3.63) is 59.9 Å². The highest BCUT2D eigenvalue weighted by Crippen LogP contribution is 2.33. The van der Waals surface area contributed by atoms with Gasteiger partial charge in [-0.15, -0.1) is 0 Å². The molecule has 2 heterocycles. The average Bonchev–Trinajstić information content (AvgIpc) is 2.62. The minimum atomic E-state index is -0.292. The minimum absolute atomic E-state index is 0.292. The van der Waals surface area contributed by atoms with Crippen LogP contribution in [0.5, 0.6) is 11.5 Å². The van der Waals surface area contributed by atoms with E-state index in [1.54, 1.807) is 24.1 Å². The number of benzene rings is 2. The molecule has 0 amide bonds. The lowest BCUT2D eigenvalue weighted by atomic mass is 9.89. The van der Waals surface area contributed by atoms with E-state index in [9.17, 15) is 4.39 Å². The molecule has 2 aromatic carbocycles. The Hall–Kier alpha value is -2.01. The predicted octanol–water partition coefficient (Wildman–Crippen LogP) is 4.86. The maximum atomic E-state index is 13.2. The van der Waals surface area contributed by atoms with Gasteiger partial charge < -0.3 is 9.64 Å². The summed E-state index contributed by atoms with van der Waals surface area (Å²) in [6, 6.07) is 14.3. The second-order valence-corrected chi connectivity index (χ2v) is 6.94. The Morgan fingerprint density at radius 1 is 1.08 bits per heavy atom. The summed E-state index contributed by atoms with van der Waals surface area (Å²) in [6.45, 7) is 2.22. The van der Waals surface area contributed by atoms with Gasteiger partial charge >= 0.3 is 0 Å². The first kappa shape index (κ1) is 15.5. The van der Waals surface area contributed by atoms with E-state index < -0.39 is 0 Å². The zero-order valence-electron chi connectivity index (χ0n) is 13.3. The third-order valence-electron chi connectivity index (χ3n) is 4.48. The summed E-state index contributed by atoms with van der Waals surface area (Å²) in [5, 5.41) is 0. The molecule has 1 unspecified atom stereocenters. The van der Waals surface area contributed by atoms with Crippen molar-refractivity contribution in [3.8, 4) is 11.5 Å². The standard InChI is InChI=1S/C19H19FN2OS/c20-15-3-1-4-17(13-15)23-16-8-6-14(7-9-16)18-5-2-10-22-11-12-24-21-19(18)22/h1,3-4,6-9,13,18H,2,5,10-12H2. The molecule has 1 fully saturated rings. The van der Waals surface area contributed by atoms with Crippen LogP contribution in [0, 0.1) is 5.82 Å². The van der Waals surface area contributed by atoms with Crippen LogP contribution in [0.4, 0.5) is 4.39 Å². The Kier molecular flexibility index (Phi) is 4.43. The van der Waals surface area contributed by atoms with Crippen LogP contribution in [0.15, 0.2) is 52.9 Å².